The van der Waals surface area contributed by atoms with Gasteiger partial charge in [0.2, 0.25) is 5.88 Å². The van der Waals surface area contributed by atoms with Crippen LogP contribution in [0.3, 0.4) is 0 Å². The van der Waals surface area contributed by atoms with Crippen molar-refractivity contribution in [2.45, 2.75) is 26.7 Å². The summed E-state index contributed by atoms with van der Waals surface area (Å²) in [5.41, 5.74) is 0.744. The van der Waals surface area contributed by atoms with Gasteiger partial charge in [-0.05, 0) is 0 Å². The van der Waals surface area contributed by atoms with Crippen LogP contribution in [0.1, 0.15) is 26.0 Å². The van der Waals surface area contributed by atoms with Crippen LogP contribution < -0.4 is 4.74 Å². The number of rotatable bonds is 5. The van der Waals surface area contributed by atoms with E-state index >= 15 is 0 Å². The SMILES string of the molecule is COc1nccnc1CCC(=O)C(C)C. The average molecular weight is 208 g/mol. The van der Waals surface area contributed by atoms with Gasteiger partial charge in [0.15, 0.2) is 0 Å². The summed E-state index contributed by atoms with van der Waals surface area (Å²) in [6, 6.07) is 0. The van der Waals surface area contributed by atoms with Crippen molar-refractivity contribution in [3.63, 3.8) is 0 Å². The van der Waals surface area contributed by atoms with E-state index in [1.807, 2.05) is 13.8 Å². The number of carbonyl (C=O) groups is 1. The molecule has 0 spiro atoms. The summed E-state index contributed by atoms with van der Waals surface area (Å²) in [6.45, 7) is 3.80. The lowest BCUT2D eigenvalue weighted by molar-refractivity contribution is -0.121. The number of ketones is 1. The predicted octanol–water partition coefficient (Wildman–Crippen LogP) is 1.64. The predicted molar refractivity (Wildman–Crippen MR) is 56.8 cm³/mol. The van der Waals surface area contributed by atoms with Crippen molar-refractivity contribution in [1.29, 1.82) is 0 Å². The molecule has 0 aliphatic carbocycles. The molecule has 0 radical (unpaired) electrons. The van der Waals surface area contributed by atoms with Crippen LogP contribution in [-0.4, -0.2) is 22.9 Å². The molecule has 0 amide bonds. The van der Waals surface area contributed by atoms with Crippen molar-refractivity contribution in [3.05, 3.63) is 18.1 Å². The van der Waals surface area contributed by atoms with Gasteiger partial charge in [0.25, 0.3) is 0 Å². The minimum Gasteiger partial charge on any atom is -0.480 e. The second-order valence-electron chi connectivity index (χ2n) is 3.63. The second kappa shape index (κ2) is 5.44. The number of ether oxygens (including phenoxy) is 1. The highest BCUT2D eigenvalue weighted by Gasteiger charge is 2.10. The molecule has 4 nitrogen and oxygen atoms in total. The smallest absolute Gasteiger partial charge is 0.235 e. The molecule has 0 aromatic carbocycles. The summed E-state index contributed by atoms with van der Waals surface area (Å²) in [5, 5.41) is 0. The molecule has 1 aromatic heterocycles. The molecule has 0 aliphatic heterocycles. The number of carbonyl (C=O) groups excluding carboxylic acids is 1. The lowest BCUT2D eigenvalue weighted by Gasteiger charge is -2.06. The van der Waals surface area contributed by atoms with E-state index in [9.17, 15) is 4.79 Å². The van der Waals surface area contributed by atoms with Crippen LogP contribution in [0.5, 0.6) is 5.88 Å². The van der Waals surface area contributed by atoms with Crippen molar-refractivity contribution < 1.29 is 9.53 Å². The third kappa shape index (κ3) is 3.31. The molecular formula is C11H16N2O2. The number of aromatic nitrogens is 2. The van der Waals surface area contributed by atoms with Crippen LogP contribution in [0.25, 0.3) is 0 Å². The number of hydrogen-bond donors (Lipinski definition) is 0. The molecule has 0 atom stereocenters. The van der Waals surface area contributed by atoms with Gasteiger partial charge < -0.3 is 4.74 Å². The van der Waals surface area contributed by atoms with Crippen LogP contribution >= 0.6 is 0 Å². The number of nitrogens with zero attached hydrogens (tertiary/aromatic N) is 2. The zero-order valence-corrected chi connectivity index (χ0v) is 9.36. The Hall–Kier alpha value is -1.45. The fourth-order valence-electron chi connectivity index (χ4n) is 1.23. The monoisotopic (exact) mass is 208 g/mol. The molecular weight excluding hydrogens is 192 g/mol. The molecule has 0 saturated carbocycles. The molecule has 0 N–H and O–H groups in total. The first-order chi connectivity index (χ1) is 7.15. The summed E-state index contributed by atoms with van der Waals surface area (Å²) in [4.78, 5) is 19.6. The summed E-state index contributed by atoms with van der Waals surface area (Å²) < 4.78 is 5.05. The molecule has 82 valence electrons. The fraction of sp³-hybridized carbons (Fsp3) is 0.545. The van der Waals surface area contributed by atoms with E-state index in [2.05, 4.69) is 9.97 Å². The number of Topliss-reactive ketones (excluding diaryl/α,β-unsaturated/α-hetero) is 1. The average Bonchev–Trinajstić information content (AvgIpc) is 2.26. The maximum atomic E-state index is 11.4. The van der Waals surface area contributed by atoms with Gasteiger partial charge in [-0.25, -0.2) is 4.98 Å². The third-order valence-electron chi connectivity index (χ3n) is 2.18. The standard InChI is InChI=1S/C11H16N2O2/c1-8(2)10(14)5-4-9-11(15-3)13-7-6-12-9/h6-8H,4-5H2,1-3H3. The molecule has 4 heteroatoms. The van der Waals surface area contributed by atoms with E-state index in [1.165, 1.54) is 0 Å². The molecule has 1 aromatic rings. The summed E-state index contributed by atoms with van der Waals surface area (Å²) >= 11 is 0. The maximum absolute atomic E-state index is 11.4. The minimum absolute atomic E-state index is 0.0765. The van der Waals surface area contributed by atoms with Crippen LogP contribution in [0.15, 0.2) is 12.4 Å². The molecule has 1 heterocycles. The van der Waals surface area contributed by atoms with E-state index in [4.69, 9.17) is 4.74 Å². The summed E-state index contributed by atoms with van der Waals surface area (Å²) in [6.07, 6.45) is 4.27. The molecule has 0 unspecified atom stereocenters. The fourth-order valence-corrected chi connectivity index (χ4v) is 1.23. The molecule has 0 aliphatic rings. The zero-order chi connectivity index (χ0) is 11.3. The van der Waals surface area contributed by atoms with E-state index in [0.29, 0.717) is 18.7 Å². The van der Waals surface area contributed by atoms with Gasteiger partial charge in [-0.3, -0.25) is 9.78 Å². The van der Waals surface area contributed by atoms with Crippen molar-refractivity contribution in [3.8, 4) is 5.88 Å². The van der Waals surface area contributed by atoms with E-state index in [1.54, 1.807) is 19.5 Å². The minimum atomic E-state index is 0.0765. The van der Waals surface area contributed by atoms with Gasteiger partial charge in [-0.15, -0.1) is 0 Å². The highest BCUT2D eigenvalue weighted by molar-refractivity contribution is 5.80. The first-order valence-electron chi connectivity index (χ1n) is 5.01. The van der Waals surface area contributed by atoms with Crippen molar-refractivity contribution in [2.75, 3.05) is 7.11 Å². The Morgan fingerprint density at radius 1 is 1.40 bits per heavy atom. The molecule has 1 rings (SSSR count). The van der Waals surface area contributed by atoms with Crippen LogP contribution in [0.2, 0.25) is 0 Å². The van der Waals surface area contributed by atoms with Crippen molar-refractivity contribution in [2.24, 2.45) is 5.92 Å². The Bertz CT molecular complexity index is 337. The highest BCUT2D eigenvalue weighted by Crippen LogP contribution is 2.13. The lowest BCUT2D eigenvalue weighted by atomic mass is 10.0. The Balaban J connectivity index is 2.61. The molecule has 0 bridgehead atoms. The summed E-state index contributed by atoms with van der Waals surface area (Å²) in [7, 11) is 1.55. The Morgan fingerprint density at radius 2 is 2.07 bits per heavy atom. The van der Waals surface area contributed by atoms with Gasteiger partial charge in [-0.1, -0.05) is 13.8 Å². The Labute approximate surface area is 89.7 Å². The number of aryl methyl sites for hydroxylation is 1. The van der Waals surface area contributed by atoms with Crippen molar-refractivity contribution >= 4 is 5.78 Å². The first kappa shape index (κ1) is 11.6. The first-order valence-corrected chi connectivity index (χ1v) is 5.01. The topological polar surface area (TPSA) is 52.1 Å². The normalized spacial score (nSPS) is 10.4. The van der Waals surface area contributed by atoms with Crippen LogP contribution in [0, 0.1) is 5.92 Å². The van der Waals surface area contributed by atoms with Crippen molar-refractivity contribution in [1.82, 2.24) is 9.97 Å². The number of hydrogen-bond acceptors (Lipinski definition) is 4. The van der Waals surface area contributed by atoms with Crippen LogP contribution in [0.4, 0.5) is 0 Å². The van der Waals surface area contributed by atoms with E-state index in [0.717, 1.165) is 5.69 Å². The zero-order valence-electron chi connectivity index (χ0n) is 9.36. The van der Waals surface area contributed by atoms with Crippen LogP contribution in [-0.2, 0) is 11.2 Å². The molecule has 0 fully saturated rings. The largest absolute Gasteiger partial charge is 0.480 e. The summed E-state index contributed by atoms with van der Waals surface area (Å²) in [5.74, 6) is 0.824. The van der Waals surface area contributed by atoms with Gasteiger partial charge in [0.1, 0.15) is 11.5 Å². The second-order valence-corrected chi connectivity index (χ2v) is 3.63. The molecule has 15 heavy (non-hydrogen) atoms. The lowest BCUT2D eigenvalue weighted by Crippen LogP contribution is -2.09. The highest BCUT2D eigenvalue weighted by atomic mass is 16.5. The van der Waals surface area contributed by atoms with Gasteiger partial charge in [0.05, 0.1) is 7.11 Å². The Morgan fingerprint density at radius 3 is 2.67 bits per heavy atom. The third-order valence-corrected chi connectivity index (χ3v) is 2.18. The quantitative estimate of drug-likeness (QED) is 0.738. The number of methoxy groups -OCH3 is 1. The van der Waals surface area contributed by atoms with E-state index < -0.39 is 0 Å². The van der Waals surface area contributed by atoms with Gasteiger partial charge in [-0.2, -0.15) is 0 Å². The molecule has 0 saturated heterocycles. The Kier molecular flexibility index (Phi) is 4.21. The van der Waals surface area contributed by atoms with Gasteiger partial charge >= 0.3 is 0 Å². The van der Waals surface area contributed by atoms with Gasteiger partial charge in [0, 0.05) is 31.2 Å². The van der Waals surface area contributed by atoms with E-state index in [-0.39, 0.29) is 11.7 Å². The maximum Gasteiger partial charge on any atom is 0.235 e.